The van der Waals surface area contributed by atoms with Crippen molar-refractivity contribution in [3.05, 3.63) is 252 Å². The molecule has 3 nitrogen and oxygen atoms in total. The molecule has 1 aliphatic rings. The second kappa shape index (κ2) is 17.1. The molecule has 0 saturated carbocycles. The molecule has 1 unspecified atom stereocenters. The predicted octanol–water partition coefficient (Wildman–Crippen LogP) is 15.1. The molecule has 0 fully saturated rings. The Balaban J connectivity index is 1.11. The zero-order chi connectivity index (χ0) is 41.9. The molecule has 8 aromatic carbocycles. The second-order valence-electron chi connectivity index (χ2n) is 15.7. The lowest BCUT2D eigenvalue weighted by Gasteiger charge is -2.33. The first-order chi connectivity index (χ1) is 30.5. The van der Waals surface area contributed by atoms with E-state index in [0.29, 0.717) is 5.82 Å². The van der Waals surface area contributed by atoms with Crippen molar-refractivity contribution in [2.45, 2.75) is 10.3 Å². The quantitative estimate of drug-likeness (QED) is 0.116. The number of benzene rings is 8. The number of hydrogen-bond donors (Lipinski definition) is 1. The van der Waals surface area contributed by atoms with Gasteiger partial charge in [0.25, 0.3) is 0 Å². The first kappa shape index (κ1) is 39.0. The maximum absolute atomic E-state index is 5.20. The lowest BCUT2D eigenvalue weighted by Crippen LogP contribution is -2.24. The van der Waals surface area contributed by atoms with Crippen LogP contribution in [-0.2, 0) is 3.42 Å². The summed E-state index contributed by atoms with van der Waals surface area (Å²) in [4.78, 5) is 10.3. The third kappa shape index (κ3) is 7.93. The second-order valence-corrected chi connectivity index (χ2v) is 17.8. The lowest BCUT2D eigenvalue weighted by atomic mass is 9.82. The summed E-state index contributed by atoms with van der Waals surface area (Å²) >= 11 is 2.64. The standard InChI is InChI=1S/C58H42IN3/c1-58(59,50-31-15-6-16-32-50)55(42-23-11-4-12-24-42)56-51-34-33-46(37-49(51)38-52(60-56)41-21-9-3-10-22-41)45-28-18-30-48(36-45)54-39-53(61-57(62-54)43-25-13-5-14-26-43)47-29-17-27-44(35-47)40-19-7-2-8-20-40/h2-39,60H,1H3/b56-55-. The third-order valence-electron chi connectivity index (χ3n) is 11.6. The Bertz CT molecular complexity index is 3090. The normalized spacial score (nSPS) is 13.9. The molecule has 296 valence electrons. The smallest absolute Gasteiger partial charge is 0.160 e. The van der Waals surface area contributed by atoms with Crippen LogP contribution in [0, 0.1) is 0 Å². The minimum absolute atomic E-state index is 0.357. The highest BCUT2D eigenvalue weighted by atomic mass is 127. The van der Waals surface area contributed by atoms with E-state index in [4.69, 9.17) is 9.97 Å². The first-order valence-electron chi connectivity index (χ1n) is 20.9. The topological polar surface area (TPSA) is 37.8 Å². The Morgan fingerprint density at radius 2 is 0.903 bits per heavy atom. The van der Waals surface area contributed by atoms with Gasteiger partial charge in [0.2, 0.25) is 0 Å². The molecule has 1 atom stereocenters. The van der Waals surface area contributed by atoms with Gasteiger partial charge in [0.05, 0.1) is 20.5 Å². The lowest BCUT2D eigenvalue weighted by molar-refractivity contribution is 0.943. The van der Waals surface area contributed by atoms with E-state index in [9.17, 15) is 0 Å². The number of nitrogens with one attached hydrogen (secondary N) is 1. The van der Waals surface area contributed by atoms with Gasteiger partial charge < -0.3 is 5.32 Å². The molecule has 9 aromatic rings. The average molecular weight is 908 g/mol. The zero-order valence-corrected chi connectivity index (χ0v) is 36.4. The van der Waals surface area contributed by atoms with E-state index >= 15 is 0 Å². The molecule has 0 spiro atoms. The molecule has 1 aromatic heterocycles. The number of fused-ring (bicyclic) bond motifs is 1. The van der Waals surface area contributed by atoms with Gasteiger partial charge in [-0.2, -0.15) is 0 Å². The number of alkyl halides is 1. The number of rotatable bonds is 9. The van der Waals surface area contributed by atoms with Crippen LogP contribution in [0.25, 0.3) is 79.2 Å². The van der Waals surface area contributed by atoms with Crippen LogP contribution in [0.4, 0.5) is 0 Å². The number of hydrogen-bond acceptors (Lipinski definition) is 3. The maximum atomic E-state index is 5.20. The molecule has 0 saturated heterocycles. The Labute approximate surface area is 377 Å². The van der Waals surface area contributed by atoms with Gasteiger partial charge in [-0.3, -0.25) is 0 Å². The van der Waals surface area contributed by atoms with E-state index in [-0.39, 0.29) is 3.42 Å². The van der Waals surface area contributed by atoms with E-state index in [1.54, 1.807) is 0 Å². The number of halogens is 1. The van der Waals surface area contributed by atoms with E-state index in [0.717, 1.165) is 72.9 Å². The summed E-state index contributed by atoms with van der Waals surface area (Å²) in [6.07, 6.45) is 2.30. The molecule has 1 N–H and O–H groups in total. The summed E-state index contributed by atoms with van der Waals surface area (Å²) in [5.74, 6) is 0.694. The first-order valence-corrected chi connectivity index (χ1v) is 22.0. The highest BCUT2D eigenvalue weighted by molar-refractivity contribution is 14.1. The highest BCUT2D eigenvalue weighted by Gasteiger charge is 2.34. The third-order valence-corrected chi connectivity index (χ3v) is 12.7. The summed E-state index contributed by atoms with van der Waals surface area (Å²) < 4.78 is -0.357. The minimum atomic E-state index is -0.357. The summed E-state index contributed by atoms with van der Waals surface area (Å²) in [6.45, 7) is 2.32. The highest BCUT2D eigenvalue weighted by Crippen LogP contribution is 2.49. The minimum Gasteiger partial charge on any atom is -0.354 e. The maximum Gasteiger partial charge on any atom is 0.160 e. The van der Waals surface area contributed by atoms with Gasteiger partial charge >= 0.3 is 0 Å². The Morgan fingerprint density at radius 3 is 1.50 bits per heavy atom. The van der Waals surface area contributed by atoms with Crippen LogP contribution in [0.5, 0.6) is 0 Å². The largest absolute Gasteiger partial charge is 0.354 e. The molecule has 2 heterocycles. The summed E-state index contributed by atoms with van der Waals surface area (Å²) in [5.41, 5.74) is 18.6. The van der Waals surface area contributed by atoms with Crippen LogP contribution in [-0.4, -0.2) is 9.97 Å². The van der Waals surface area contributed by atoms with Crippen molar-refractivity contribution < 1.29 is 0 Å². The molecule has 0 amide bonds. The van der Waals surface area contributed by atoms with Gasteiger partial charge in [0, 0.05) is 33.5 Å². The van der Waals surface area contributed by atoms with Gasteiger partial charge in [-0.25, -0.2) is 9.97 Å². The monoisotopic (exact) mass is 907 g/mol. The molecule has 4 heteroatoms. The van der Waals surface area contributed by atoms with Crippen LogP contribution in [0.1, 0.15) is 34.7 Å². The van der Waals surface area contributed by atoms with Gasteiger partial charge in [-0.1, -0.05) is 223 Å². The van der Waals surface area contributed by atoms with Crippen molar-refractivity contribution >= 4 is 45.6 Å². The van der Waals surface area contributed by atoms with Crippen LogP contribution < -0.4 is 5.32 Å². The number of aromatic nitrogens is 2. The van der Waals surface area contributed by atoms with Gasteiger partial charge in [0.15, 0.2) is 5.82 Å². The van der Waals surface area contributed by atoms with Crippen LogP contribution >= 0.6 is 22.6 Å². The SMILES string of the molecule is CC(I)(/C(=C1\NC(c2ccccc2)=Cc2cc(-c3cccc(-c4cc(-c5cccc(-c6ccccc6)c5)nc(-c5ccccc5)n4)c3)ccc21)c1ccccc1)c1ccccc1. The summed E-state index contributed by atoms with van der Waals surface area (Å²) in [5, 5.41) is 3.96. The Hall–Kier alpha value is -7.15. The van der Waals surface area contributed by atoms with Crippen molar-refractivity contribution in [2.75, 3.05) is 0 Å². The number of nitrogens with zero attached hydrogens (tertiary/aromatic N) is 2. The van der Waals surface area contributed by atoms with Crippen molar-refractivity contribution in [3.8, 4) is 56.2 Å². The van der Waals surface area contributed by atoms with Crippen LogP contribution in [0.2, 0.25) is 0 Å². The zero-order valence-electron chi connectivity index (χ0n) is 34.2. The molecular weight excluding hydrogens is 866 g/mol. The molecule has 62 heavy (non-hydrogen) atoms. The predicted molar refractivity (Wildman–Crippen MR) is 268 cm³/mol. The van der Waals surface area contributed by atoms with E-state index < -0.39 is 0 Å². The molecule has 0 bridgehead atoms. The van der Waals surface area contributed by atoms with Crippen molar-refractivity contribution in [3.63, 3.8) is 0 Å². The van der Waals surface area contributed by atoms with Gasteiger partial charge in [-0.05, 0) is 81.8 Å². The van der Waals surface area contributed by atoms with Crippen molar-refractivity contribution in [1.82, 2.24) is 15.3 Å². The molecule has 0 aliphatic carbocycles. The molecular formula is C58H42IN3. The molecule has 1 aliphatic heterocycles. The van der Waals surface area contributed by atoms with Crippen molar-refractivity contribution in [1.29, 1.82) is 0 Å². The van der Waals surface area contributed by atoms with E-state index in [1.165, 1.54) is 22.3 Å². The number of allylic oxidation sites excluding steroid dienone is 1. The Morgan fingerprint density at radius 1 is 0.435 bits per heavy atom. The fourth-order valence-electron chi connectivity index (χ4n) is 8.41. The molecule has 10 rings (SSSR count). The summed E-state index contributed by atoms with van der Waals surface area (Å²) in [6, 6.07) is 79.3. The summed E-state index contributed by atoms with van der Waals surface area (Å²) in [7, 11) is 0. The fourth-order valence-corrected chi connectivity index (χ4v) is 9.35. The van der Waals surface area contributed by atoms with Crippen LogP contribution in [0.15, 0.2) is 224 Å². The van der Waals surface area contributed by atoms with Gasteiger partial charge in [-0.15, -0.1) is 0 Å². The van der Waals surface area contributed by atoms with E-state index in [1.807, 2.05) is 24.3 Å². The fraction of sp³-hybridized carbons (Fsp3) is 0.0345. The molecule has 0 radical (unpaired) electrons. The van der Waals surface area contributed by atoms with Crippen LogP contribution in [0.3, 0.4) is 0 Å². The average Bonchev–Trinajstić information content (AvgIpc) is 3.35. The van der Waals surface area contributed by atoms with E-state index in [2.05, 4.69) is 241 Å². The Kier molecular flexibility index (Phi) is 10.7. The van der Waals surface area contributed by atoms with Crippen molar-refractivity contribution in [2.24, 2.45) is 0 Å². The van der Waals surface area contributed by atoms with Gasteiger partial charge in [0.1, 0.15) is 0 Å².